The van der Waals surface area contributed by atoms with Gasteiger partial charge in [-0.1, -0.05) is 24.8 Å². The van der Waals surface area contributed by atoms with E-state index in [0.29, 0.717) is 5.75 Å². The lowest BCUT2D eigenvalue weighted by Gasteiger charge is -1.82. The van der Waals surface area contributed by atoms with Gasteiger partial charge in [0.1, 0.15) is 5.75 Å². The summed E-state index contributed by atoms with van der Waals surface area (Å²) in [4.78, 5) is 0. The first-order valence-corrected chi connectivity index (χ1v) is 3.05. The summed E-state index contributed by atoms with van der Waals surface area (Å²) in [6.45, 7) is 3.12. The average molecular weight is 147 g/mol. The molecule has 0 saturated carbocycles. The number of nitriles is 1. The molecule has 1 aromatic carbocycles. The number of benzene rings is 1. The first-order chi connectivity index (χ1) is 5.31. The van der Waals surface area contributed by atoms with Crippen molar-refractivity contribution in [3.8, 4) is 11.8 Å². The molecule has 0 amide bonds. The summed E-state index contributed by atoms with van der Waals surface area (Å²) >= 11 is 0. The Bertz CT molecular complexity index is 235. The Hall–Kier alpha value is -1.75. The molecule has 0 atom stereocenters. The van der Waals surface area contributed by atoms with E-state index >= 15 is 0 Å². The lowest BCUT2D eigenvalue weighted by atomic mass is 10.3. The van der Waals surface area contributed by atoms with Gasteiger partial charge in [-0.05, 0) is 12.1 Å². The fourth-order valence-electron chi connectivity index (χ4n) is 0.428. The number of para-hydroxylation sites is 1. The van der Waals surface area contributed by atoms with Crippen molar-refractivity contribution in [3.05, 3.63) is 43.0 Å². The number of rotatable bonds is 0. The highest BCUT2D eigenvalue weighted by Crippen LogP contribution is 2.02. The second-order valence-corrected chi connectivity index (χ2v) is 1.67. The van der Waals surface area contributed by atoms with Crippen LogP contribution in [0.2, 0.25) is 0 Å². The van der Waals surface area contributed by atoms with Gasteiger partial charge in [-0.3, -0.25) is 0 Å². The van der Waals surface area contributed by atoms with E-state index in [1.165, 1.54) is 6.08 Å². The fourth-order valence-corrected chi connectivity index (χ4v) is 0.428. The van der Waals surface area contributed by atoms with Crippen LogP contribution in [0.15, 0.2) is 43.0 Å². The Labute approximate surface area is 66.0 Å². The minimum absolute atomic E-state index is 0.322. The number of phenolic OH excluding ortho intramolecular Hbond substituents is 1. The quantitative estimate of drug-likeness (QED) is 0.571. The van der Waals surface area contributed by atoms with Crippen LogP contribution in [0.25, 0.3) is 0 Å². The molecule has 0 aliphatic heterocycles. The fraction of sp³-hybridized carbons (Fsp3) is 0. The maximum absolute atomic E-state index is 8.63. The van der Waals surface area contributed by atoms with E-state index in [-0.39, 0.29) is 0 Å². The van der Waals surface area contributed by atoms with Crippen molar-refractivity contribution in [3.63, 3.8) is 0 Å². The van der Waals surface area contributed by atoms with Crippen molar-refractivity contribution in [1.82, 2.24) is 0 Å². The van der Waals surface area contributed by atoms with E-state index in [1.54, 1.807) is 30.3 Å². The zero-order valence-corrected chi connectivity index (χ0v) is 6.07. The number of aromatic hydroxyl groups is 1. The van der Waals surface area contributed by atoms with Crippen molar-refractivity contribution in [2.45, 2.75) is 0 Å². The topological polar surface area (TPSA) is 44.0 Å². The van der Waals surface area contributed by atoms with Crippen LogP contribution in [-0.2, 0) is 0 Å². The molecular weight excluding hydrogens is 138 g/mol. The second kappa shape index (κ2) is 6.37. The highest BCUT2D eigenvalue weighted by Gasteiger charge is 1.74. The molecule has 0 aliphatic carbocycles. The van der Waals surface area contributed by atoms with Crippen LogP contribution in [0.3, 0.4) is 0 Å². The minimum Gasteiger partial charge on any atom is -0.508 e. The van der Waals surface area contributed by atoms with Crippen molar-refractivity contribution in [2.75, 3.05) is 0 Å². The summed E-state index contributed by atoms with van der Waals surface area (Å²) in [5.74, 6) is 0.322. The normalized spacial score (nSPS) is 6.82. The molecule has 1 aromatic rings. The van der Waals surface area contributed by atoms with Gasteiger partial charge in [-0.25, -0.2) is 0 Å². The second-order valence-electron chi connectivity index (χ2n) is 1.67. The van der Waals surface area contributed by atoms with Crippen LogP contribution >= 0.6 is 0 Å². The molecule has 2 heteroatoms. The Morgan fingerprint density at radius 1 is 1.36 bits per heavy atom. The number of allylic oxidation sites excluding steroid dienone is 1. The number of nitrogens with zero attached hydrogens (tertiary/aromatic N) is 1. The molecule has 2 nitrogen and oxygen atoms in total. The highest BCUT2D eigenvalue weighted by molar-refractivity contribution is 5.18. The smallest absolute Gasteiger partial charge is 0.115 e. The van der Waals surface area contributed by atoms with Gasteiger partial charge in [0.15, 0.2) is 0 Å². The van der Waals surface area contributed by atoms with Crippen molar-refractivity contribution < 1.29 is 5.11 Å². The summed E-state index contributed by atoms with van der Waals surface area (Å²) in [6.07, 6.45) is 1.18. The van der Waals surface area contributed by atoms with E-state index < -0.39 is 0 Å². The van der Waals surface area contributed by atoms with Gasteiger partial charge >= 0.3 is 0 Å². The molecule has 0 fully saturated rings. The standard InChI is InChI=1S/C6H6O.C3H3N/c7-6-4-2-1-3-5-6;1-2-3-4/h1-5,7H;2H,1H2. The lowest BCUT2D eigenvalue weighted by Crippen LogP contribution is -1.56. The molecule has 0 bridgehead atoms. The van der Waals surface area contributed by atoms with Crippen LogP contribution < -0.4 is 0 Å². The van der Waals surface area contributed by atoms with E-state index in [2.05, 4.69) is 6.58 Å². The average Bonchev–Trinajstić information content (AvgIpc) is 2.07. The monoisotopic (exact) mass is 147 g/mol. The van der Waals surface area contributed by atoms with Crippen LogP contribution in [0, 0.1) is 11.3 Å². The van der Waals surface area contributed by atoms with Crippen molar-refractivity contribution in [2.24, 2.45) is 0 Å². The van der Waals surface area contributed by atoms with Crippen LogP contribution in [0.5, 0.6) is 5.75 Å². The summed E-state index contributed by atoms with van der Waals surface area (Å²) in [5.41, 5.74) is 0. The molecule has 0 heterocycles. The van der Waals surface area contributed by atoms with Gasteiger partial charge in [0.25, 0.3) is 0 Å². The Morgan fingerprint density at radius 2 is 1.82 bits per heavy atom. The number of hydrogen-bond acceptors (Lipinski definition) is 2. The highest BCUT2D eigenvalue weighted by atomic mass is 16.3. The zero-order valence-electron chi connectivity index (χ0n) is 6.07. The SMILES string of the molecule is C=CC#N.Oc1ccccc1. The third-order valence-electron chi connectivity index (χ3n) is 0.847. The maximum Gasteiger partial charge on any atom is 0.115 e. The largest absolute Gasteiger partial charge is 0.508 e. The van der Waals surface area contributed by atoms with Crippen molar-refractivity contribution in [1.29, 1.82) is 5.26 Å². The van der Waals surface area contributed by atoms with Gasteiger partial charge in [-0.15, -0.1) is 0 Å². The molecule has 1 N–H and O–H groups in total. The molecule has 0 radical (unpaired) electrons. The van der Waals surface area contributed by atoms with Crippen LogP contribution in [-0.4, -0.2) is 5.11 Å². The van der Waals surface area contributed by atoms with E-state index in [0.717, 1.165) is 0 Å². The Morgan fingerprint density at radius 3 is 2.00 bits per heavy atom. The van der Waals surface area contributed by atoms with Crippen molar-refractivity contribution >= 4 is 0 Å². The van der Waals surface area contributed by atoms with Gasteiger partial charge in [0, 0.05) is 6.08 Å². The molecular formula is C9H9NO. The third-order valence-corrected chi connectivity index (χ3v) is 0.847. The van der Waals surface area contributed by atoms with Crippen LogP contribution in [0.1, 0.15) is 0 Å². The summed E-state index contributed by atoms with van der Waals surface area (Å²) < 4.78 is 0. The predicted molar refractivity (Wildman–Crippen MR) is 43.9 cm³/mol. The zero-order chi connectivity index (χ0) is 8.53. The summed E-state index contributed by atoms with van der Waals surface area (Å²) in [7, 11) is 0. The Balaban J connectivity index is 0.000000218. The molecule has 11 heavy (non-hydrogen) atoms. The molecule has 0 unspecified atom stereocenters. The van der Waals surface area contributed by atoms with Gasteiger partial charge in [0.2, 0.25) is 0 Å². The van der Waals surface area contributed by atoms with Gasteiger partial charge < -0.3 is 5.11 Å². The van der Waals surface area contributed by atoms with Gasteiger partial charge in [-0.2, -0.15) is 5.26 Å². The van der Waals surface area contributed by atoms with Gasteiger partial charge in [0.05, 0.1) is 6.07 Å². The van der Waals surface area contributed by atoms with E-state index in [1.807, 2.05) is 6.07 Å². The maximum atomic E-state index is 8.63. The van der Waals surface area contributed by atoms with E-state index in [4.69, 9.17) is 10.4 Å². The predicted octanol–water partition coefficient (Wildman–Crippen LogP) is 2.09. The molecule has 0 aliphatic rings. The van der Waals surface area contributed by atoms with E-state index in [9.17, 15) is 0 Å². The lowest BCUT2D eigenvalue weighted by molar-refractivity contribution is 0.475. The molecule has 0 saturated heterocycles. The number of phenols is 1. The molecule has 56 valence electrons. The summed E-state index contributed by atoms with van der Waals surface area (Å²) in [6, 6.07) is 10.4. The first-order valence-electron chi connectivity index (χ1n) is 3.05. The number of hydrogen-bond donors (Lipinski definition) is 1. The third kappa shape index (κ3) is 6.13. The Kier molecular flexibility index (Phi) is 5.36. The molecule has 0 aromatic heterocycles. The minimum atomic E-state index is 0.322. The molecule has 1 rings (SSSR count). The molecule has 0 spiro atoms. The summed E-state index contributed by atoms with van der Waals surface area (Å²) in [5, 5.41) is 16.1. The van der Waals surface area contributed by atoms with Crippen LogP contribution in [0.4, 0.5) is 0 Å². The first kappa shape index (κ1) is 9.25.